The lowest BCUT2D eigenvalue weighted by Crippen LogP contribution is -2.04. The minimum absolute atomic E-state index is 0.139. The molecule has 0 heterocycles. The van der Waals surface area contributed by atoms with Crippen molar-refractivity contribution in [3.05, 3.63) is 51.3 Å². The maximum Gasteiger partial charge on any atom is 0.337 e. The summed E-state index contributed by atoms with van der Waals surface area (Å²) in [6, 6.07) is 8.98. The number of carbonyl (C=O) groups is 1. The number of ether oxygens (including phenoxy) is 1. The Balaban J connectivity index is 2.40. The summed E-state index contributed by atoms with van der Waals surface area (Å²) in [7, 11) is 0. The molecule has 0 aromatic heterocycles. The van der Waals surface area contributed by atoms with Crippen molar-refractivity contribution < 1.29 is 19.0 Å². The predicted octanol–water partition coefficient (Wildman–Crippen LogP) is 3.50. The molecule has 0 fully saturated rings. The van der Waals surface area contributed by atoms with Crippen molar-refractivity contribution in [3.8, 4) is 11.5 Å². The molecule has 0 spiro atoms. The molecule has 0 amide bonds. The Bertz CT molecular complexity index is 646. The van der Waals surface area contributed by atoms with Gasteiger partial charge in [0.05, 0.1) is 5.56 Å². The van der Waals surface area contributed by atoms with Gasteiger partial charge in [0.2, 0.25) is 0 Å². The smallest absolute Gasteiger partial charge is 0.337 e. The van der Waals surface area contributed by atoms with E-state index in [-0.39, 0.29) is 17.0 Å². The van der Waals surface area contributed by atoms with Crippen LogP contribution in [0.25, 0.3) is 0 Å². The van der Waals surface area contributed by atoms with Crippen LogP contribution in [0.5, 0.6) is 11.5 Å². The fraction of sp³-hybridized carbons (Fsp3) is 0. The Morgan fingerprint density at radius 3 is 2.68 bits per heavy atom. The third kappa shape index (κ3) is 3.14. The van der Waals surface area contributed by atoms with E-state index in [4.69, 9.17) is 15.6 Å². The lowest BCUT2D eigenvalue weighted by molar-refractivity contribution is 0.0697. The number of anilines is 1. The van der Waals surface area contributed by atoms with Crippen LogP contribution in [0.4, 0.5) is 10.1 Å². The van der Waals surface area contributed by atoms with Crippen LogP contribution in [0.3, 0.4) is 0 Å². The highest BCUT2D eigenvalue weighted by Crippen LogP contribution is 2.29. The summed E-state index contributed by atoms with van der Waals surface area (Å²) < 4.78 is 19.9. The van der Waals surface area contributed by atoms with Crippen molar-refractivity contribution in [2.75, 3.05) is 5.73 Å². The average Bonchev–Trinajstić information content (AvgIpc) is 2.32. The van der Waals surface area contributed by atoms with Gasteiger partial charge in [0, 0.05) is 21.4 Å². The topological polar surface area (TPSA) is 72.5 Å². The maximum atomic E-state index is 13.7. The Hall–Kier alpha value is -1.83. The van der Waals surface area contributed by atoms with Gasteiger partial charge in [-0.3, -0.25) is 0 Å². The normalized spacial score (nSPS) is 10.2. The van der Waals surface area contributed by atoms with Gasteiger partial charge in [0.1, 0.15) is 5.75 Å². The van der Waals surface area contributed by atoms with Crippen molar-refractivity contribution in [1.29, 1.82) is 0 Å². The number of rotatable bonds is 3. The molecule has 98 valence electrons. The number of halogens is 2. The fourth-order valence-electron chi connectivity index (χ4n) is 1.49. The highest BCUT2D eigenvalue weighted by Gasteiger charge is 2.14. The number of carboxylic acid groups (broad SMARTS) is 1. The molecule has 0 atom stereocenters. The van der Waals surface area contributed by atoms with Crippen LogP contribution in [0.15, 0.2) is 36.4 Å². The second-order valence-corrected chi connectivity index (χ2v) is 4.98. The van der Waals surface area contributed by atoms with E-state index in [2.05, 4.69) is 22.6 Å². The molecular formula is C13H9FINO3. The van der Waals surface area contributed by atoms with Crippen molar-refractivity contribution in [1.82, 2.24) is 0 Å². The molecule has 2 rings (SSSR count). The number of nitrogens with two attached hydrogens (primary N) is 1. The summed E-state index contributed by atoms with van der Waals surface area (Å²) in [6.45, 7) is 0. The zero-order chi connectivity index (χ0) is 14.0. The summed E-state index contributed by atoms with van der Waals surface area (Å²) in [4.78, 5) is 10.9. The molecule has 0 aliphatic heterocycles. The van der Waals surface area contributed by atoms with E-state index in [1.807, 2.05) is 6.07 Å². The molecule has 2 aromatic carbocycles. The van der Waals surface area contributed by atoms with Crippen LogP contribution >= 0.6 is 22.6 Å². The molecule has 0 aliphatic rings. The molecule has 0 bridgehead atoms. The third-order valence-corrected chi connectivity index (χ3v) is 3.03. The maximum absolute atomic E-state index is 13.7. The summed E-state index contributed by atoms with van der Waals surface area (Å²) in [6.07, 6.45) is 0. The molecular weight excluding hydrogens is 364 g/mol. The van der Waals surface area contributed by atoms with Crippen molar-refractivity contribution in [2.45, 2.75) is 0 Å². The summed E-state index contributed by atoms with van der Waals surface area (Å²) in [5, 5.41) is 8.93. The minimum Gasteiger partial charge on any atom is -0.478 e. The molecule has 19 heavy (non-hydrogen) atoms. The quantitative estimate of drug-likeness (QED) is 0.638. The fourth-order valence-corrected chi connectivity index (χ4v) is 2.00. The Morgan fingerprint density at radius 1 is 1.32 bits per heavy atom. The molecule has 0 radical (unpaired) electrons. The highest BCUT2D eigenvalue weighted by molar-refractivity contribution is 14.1. The first-order chi connectivity index (χ1) is 8.97. The molecule has 0 saturated heterocycles. The van der Waals surface area contributed by atoms with E-state index in [9.17, 15) is 9.18 Å². The monoisotopic (exact) mass is 373 g/mol. The molecule has 0 saturated carbocycles. The van der Waals surface area contributed by atoms with Crippen molar-refractivity contribution in [2.24, 2.45) is 0 Å². The first-order valence-corrected chi connectivity index (χ1v) is 6.31. The van der Waals surface area contributed by atoms with Gasteiger partial charge >= 0.3 is 5.97 Å². The van der Waals surface area contributed by atoms with Gasteiger partial charge in [0.15, 0.2) is 11.6 Å². The van der Waals surface area contributed by atoms with E-state index in [0.717, 1.165) is 15.7 Å². The lowest BCUT2D eigenvalue weighted by Gasteiger charge is -2.09. The van der Waals surface area contributed by atoms with E-state index >= 15 is 0 Å². The summed E-state index contributed by atoms with van der Waals surface area (Å²) in [5.74, 6) is -1.69. The van der Waals surface area contributed by atoms with Crippen LogP contribution in [0, 0.1) is 9.39 Å². The number of carboxylic acids is 1. The van der Waals surface area contributed by atoms with Crippen LogP contribution in [-0.4, -0.2) is 11.1 Å². The number of hydrogen-bond acceptors (Lipinski definition) is 3. The van der Waals surface area contributed by atoms with E-state index in [1.165, 1.54) is 0 Å². The average molecular weight is 373 g/mol. The molecule has 0 unspecified atom stereocenters. The van der Waals surface area contributed by atoms with Crippen LogP contribution < -0.4 is 10.5 Å². The second kappa shape index (κ2) is 5.43. The van der Waals surface area contributed by atoms with Gasteiger partial charge in [-0.1, -0.05) is 6.07 Å². The van der Waals surface area contributed by atoms with Gasteiger partial charge in [0.25, 0.3) is 0 Å². The van der Waals surface area contributed by atoms with E-state index in [0.29, 0.717) is 5.75 Å². The number of hydrogen-bond donors (Lipinski definition) is 2. The lowest BCUT2D eigenvalue weighted by atomic mass is 10.1. The summed E-state index contributed by atoms with van der Waals surface area (Å²) in [5.41, 5.74) is 5.10. The van der Waals surface area contributed by atoms with Crippen LogP contribution in [0.1, 0.15) is 10.4 Å². The van der Waals surface area contributed by atoms with Gasteiger partial charge in [-0.25, -0.2) is 9.18 Å². The standard InChI is InChI=1S/C13H9FINO3/c14-10-6-11(16)9(13(17)18)5-12(10)19-8-3-1-2-7(15)4-8/h1-6H,16H2,(H,17,18). The molecule has 0 aliphatic carbocycles. The minimum atomic E-state index is -1.23. The Kier molecular flexibility index (Phi) is 3.89. The molecule has 3 N–H and O–H groups in total. The van der Waals surface area contributed by atoms with Gasteiger partial charge < -0.3 is 15.6 Å². The Labute approximate surface area is 122 Å². The van der Waals surface area contributed by atoms with Crippen LogP contribution in [-0.2, 0) is 0 Å². The zero-order valence-electron chi connectivity index (χ0n) is 9.56. The zero-order valence-corrected chi connectivity index (χ0v) is 11.7. The Morgan fingerprint density at radius 2 is 2.05 bits per heavy atom. The summed E-state index contributed by atoms with van der Waals surface area (Å²) >= 11 is 2.09. The van der Waals surface area contributed by atoms with E-state index < -0.39 is 11.8 Å². The SMILES string of the molecule is Nc1cc(F)c(Oc2cccc(I)c2)cc1C(=O)O. The van der Waals surface area contributed by atoms with Crippen LogP contribution in [0.2, 0.25) is 0 Å². The highest BCUT2D eigenvalue weighted by atomic mass is 127. The number of benzene rings is 2. The van der Waals surface area contributed by atoms with E-state index in [1.54, 1.807) is 18.2 Å². The van der Waals surface area contributed by atoms with Gasteiger partial charge in [-0.2, -0.15) is 0 Å². The first-order valence-electron chi connectivity index (χ1n) is 5.23. The predicted molar refractivity (Wildman–Crippen MR) is 77.0 cm³/mol. The third-order valence-electron chi connectivity index (χ3n) is 2.36. The molecule has 6 heteroatoms. The van der Waals surface area contributed by atoms with Crippen molar-refractivity contribution in [3.63, 3.8) is 0 Å². The second-order valence-electron chi connectivity index (χ2n) is 3.73. The first kappa shape index (κ1) is 13.6. The van der Waals surface area contributed by atoms with Gasteiger partial charge in [-0.05, 0) is 40.8 Å². The molecule has 4 nitrogen and oxygen atoms in total. The molecule has 2 aromatic rings. The van der Waals surface area contributed by atoms with Gasteiger partial charge in [-0.15, -0.1) is 0 Å². The number of nitrogen functional groups attached to an aromatic ring is 1. The number of aromatic carboxylic acids is 1. The largest absolute Gasteiger partial charge is 0.478 e. The van der Waals surface area contributed by atoms with Crippen molar-refractivity contribution >= 4 is 34.2 Å².